The summed E-state index contributed by atoms with van der Waals surface area (Å²) < 4.78 is 16.1. The highest BCUT2D eigenvalue weighted by atomic mass is 32.2. The van der Waals surface area contributed by atoms with Crippen LogP contribution in [-0.4, -0.2) is 84.0 Å². The summed E-state index contributed by atoms with van der Waals surface area (Å²) in [5.41, 5.74) is 0.225. The maximum absolute atomic E-state index is 13.6. The molecule has 0 spiro atoms. The largest absolute Gasteiger partial charge is 0.497 e. The normalized spacial score (nSPS) is 20.6. The van der Waals surface area contributed by atoms with E-state index in [2.05, 4.69) is 10.6 Å². The van der Waals surface area contributed by atoms with Gasteiger partial charge >= 0.3 is 6.09 Å². The molecule has 1 unspecified atom stereocenters. The van der Waals surface area contributed by atoms with Gasteiger partial charge in [0.2, 0.25) is 11.8 Å². The Morgan fingerprint density at radius 3 is 2.42 bits per heavy atom. The summed E-state index contributed by atoms with van der Waals surface area (Å²) >= 11 is 3.18. The van der Waals surface area contributed by atoms with Crippen LogP contribution >= 0.6 is 23.5 Å². The predicted molar refractivity (Wildman–Crippen MR) is 161 cm³/mol. The van der Waals surface area contributed by atoms with Crippen LogP contribution in [0.15, 0.2) is 24.3 Å². The standard InChI is InChI=1S/C29H45N3O6S2/c1-29(2,3)38-28(35)32-24(19-40-25(32)16-36-4)27(34)31-23(18-39-17-21-9-7-6-8-10-21)26(33)30-15-20-11-13-22(37-5)14-12-20/h11-14,21,23-25H,6-10,15-19H2,1-5H3,(H,30,33)(H,31,34)/t23-,24-,25?/m0/s1. The molecule has 11 heteroatoms. The van der Waals surface area contributed by atoms with Gasteiger partial charge in [-0.2, -0.15) is 11.8 Å². The Kier molecular flexibility index (Phi) is 12.8. The third kappa shape index (κ3) is 10.1. The molecule has 1 aromatic rings. The van der Waals surface area contributed by atoms with Gasteiger partial charge in [-0.1, -0.05) is 31.4 Å². The second kappa shape index (κ2) is 15.8. The minimum absolute atomic E-state index is 0.247. The quantitative estimate of drug-likeness (QED) is 0.366. The number of hydrogen-bond acceptors (Lipinski definition) is 8. The first kappa shape index (κ1) is 32.4. The lowest BCUT2D eigenvalue weighted by Gasteiger charge is -2.31. The van der Waals surface area contributed by atoms with Crippen LogP contribution < -0.4 is 15.4 Å². The number of nitrogens with one attached hydrogen (secondary N) is 2. The Morgan fingerprint density at radius 2 is 1.80 bits per heavy atom. The summed E-state index contributed by atoms with van der Waals surface area (Å²) in [7, 11) is 3.17. The average Bonchev–Trinajstić information content (AvgIpc) is 3.35. The molecular formula is C29H45N3O6S2. The molecule has 40 heavy (non-hydrogen) atoms. The molecule has 1 aliphatic heterocycles. The number of benzene rings is 1. The molecule has 1 saturated carbocycles. The molecular weight excluding hydrogens is 550 g/mol. The summed E-state index contributed by atoms with van der Waals surface area (Å²) in [5, 5.41) is 5.59. The minimum Gasteiger partial charge on any atom is -0.497 e. The molecule has 9 nitrogen and oxygen atoms in total. The van der Waals surface area contributed by atoms with E-state index >= 15 is 0 Å². The van der Waals surface area contributed by atoms with Crippen LogP contribution in [0.25, 0.3) is 0 Å². The number of rotatable bonds is 12. The third-order valence-corrected chi connectivity index (χ3v) is 9.46. The lowest BCUT2D eigenvalue weighted by molar-refractivity contribution is -0.131. The summed E-state index contributed by atoms with van der Waals surface area (Å²) in [6.07, 6.45) is 5.70. The summed E-state index contributed by atoms with van der Waals surface area (Å²) in [5.74, 6) is 2.62. The molecule has 3 rings (SSSR count). The van der Waals surface area contributed by atoms with Gasteiger partial charge in [-0.3, -0.25) is 14.5 Å². The van der Waals surface area contributed by atoms with Crippen molar-refractivity contribution in [3.8, 4) is 5.75 Å². The van der Waals surface area contributed by atoms with E-state index < -0.39 is 23.8 Å². The van der Waals surface area contributed by atoms with E-state index in [0.29, 0.717) is 24.0 Å². The van der Waals surface area contributed by atoms with E-state index in [1.54, 1.807) is 46.8 Å². The van der Waals surface area contributed by atoms with Crippen LogP contribution in [-0.2, 0) is 25.6 Å². The van der Waals surface area contributed by atoms with Gasteiger partial charge in [0.15, 0.2) is 0 Å². The van der Waals surface area contributed by atoms with Crippen molar-refractivity contribution in [1.82, 2.24) is 15.5 Å². The Bertz CT molecular complexity index is 966. The Morgan fingerprint density at radius 1 is 1.10 bits per heavy atom. The lowest BCUT2D eigenvalue weighted by Crippen LogP contribution is -2.56. The minimum atomic E-state index is -0.764. The molecule has 2 aliphatic rings. The molecule has 3 amide bonds. The van der Waals surface area contributed by atoms with E-state index in [-0.39, 0.29) is 23.8 Å². The van der Waals surface area contributed by atoms with Crippen LogP contribution in [0.3, 0.4) is 0 Å². The van der Waals surface area contributed by atoms with Gasteiger partial charge in [-0.15, -0.1) is 11.8 Å². The van der Waals surface area contributed by atoms with Crippen molar-refractivity contribution in [3.63, 3.8) is 0 Å². The van der Waals surface area contributed by atoms with E-state index in [1.807, 2.05) is 24.3 Å². The first-order valence-corrected chi connectivity index (χ1v) is 16.2. The molecule has 224 valence electrons. The molecule has 1 heterocycles. The zero-order valence-electron chi connectivity index (χ0n) is 24.4. The van der Waals surface area contributed by atoms with Crippen LogP contribution in [0.4, 0.5) is 4.79 Å². The molecule has 2 N–H and O–H groups in total. The number of ether oxygens (including phenoxy) is 3. The molecule has 1 saturated heterocycles. The van der Waals surface area contributed by atoms with Crippen LogP contribution in [0.2, 0.25) is 0 Å². The molecule has 1 aromatic carbocycles. The Labute approximate surface area is 247 Å². The van der Waals surface area contributed by atoms with Crippen molar-refractivity contribution in [1.29, 1.82) is 0 Å². The first-order valence-electron chi connectivity index (χ1n) is 14.0. The van der Waals surface area contributed by atoms with Gasteiger partial charge in [0.25, 0.3) is 0 Å². The Balaban J connectivity index is 1.68. The summed E-state index contributed by atoms with van der Waals surface area (Å²) in [6, 6.07) is 6.00. The van der Waals surface area contributed by atoms with Gasteiger partial charge in [0.1, 0.15) is 28.8 Å². The maximum atomic E-state index is 13.6. The molecule has 3 atom stereocenters. The average molecular weight is 596 g/mol. The van der Waals surface area contributed by atoms with Crippen molar-refractivity contribution < 1.29 is 28.6 Å². The van der Waals surface area contributed by atoms with Gasteiger partial charge < -0.3 is 24.8 Å². The van der Waals surface area contributed by atoms with Gasteiger partial charge in [0, 0.05) is 25.2 Å². The Hall–Kier alpha value is -2.11. The van der Waals surface area contributed by atoms with Crippen molar-refractivity contribution in [2.75, 3.05) is 38.1 Å². The summed E-state index contributed by atoms with van der Waals surface area (Å²) in [6.45, 7) is 5.99. The second-order valence-corrected chi connectivity index (χ2v) is 13.6. The monoisotopic (exact) mass is 595 g/mol. The van der Waals surface area contributed by atoms with Crippen molar-refractivity contribution in [3.05, 3.63) is 29.8 Å². The topological polar surface area (TPSA) is 106 Å². The van der Waals surface area contributed by atoms with Gasteiger partial charge in [-0.05, 0) is 63.0 Å². The number of thioether (sulfide) groups is 2. The van der Waals surface area contributed by atoms with Crippen molar-refractivity contribution in [2.45, 2.75) is 82.5 Å². The fraction of sp³-hybridized carbons (Fsp3) is 0.690. The molecule has 0 bridgehead atoms. The number of carbonyl (C=O) groups is 3. The van der Waals surface area contributed by atoms with E-state index in [1.165, 1.54) is 48.8 Å². The fourth-order valence-electron chi connectivity index (χ4n) is 4.81. The zero-order valence-corrected chi connectivity index (χ0v) is 26.0. The second-order valence-electron chi connectivity index (χ2n) is 11.3. The number of hydrogen-bond donors (Lipinski definition) is 2. The van der Waals surface area contributed by atoms with Gasteiger partial charge in [0.05, 0.1) is 13.7 Å². The number of methoxy groups -OCH3 is 2. The highest BCUT2D eigenvalue weighted by Gasteiger charge is 2.44. The molecule has 2 fully saturated rings. The van der Waals surface area contributed by atoms with Crippen LogP contribution in [0.1, 0.15) is 58.4 Å². The van der Waals surface area contributed by atoms with E-state index in [4.69, 9.17) is 14.2 Å². The SMILES string of the molecule is COCC1SC[C@@H](C(=O)N[C@@H](CSCC2CCCCC2)C(=O)NCc2ccc(OC)cc2)N1C(=O)OC(C)(C)C. The van der Waals surface area contributed by atoms with Crippen LogP contribution in [0.5, 0.6) is 5.75 Å². The van der Waals surface area contributed by atoms with Crippen LogP contribution in [0, 0.1) is 5.92 Å². The maximum Gasteiger partial charge on any atom is 0.411 e. The highest BCUT2D eigenvalue weighted by molar-refractivity contribution is 8.00. The van der Waals surface area contributed by atoms with E-state index in [9.17, 15) is 14.4 Å². The molecule has 0 radical (unpaired) electrons. The third-order valence-electron chi connectivity index (χ3n) is 6.93. The van der Waals surface area contributed by atoms with Crippen molar-refractivity contribution >= 4 is 41.4 Å². The van der Waals surface area contributed by atoms with Gasteiger partial charge in [-0.25, -0.2) is 4.79 Å². The lowest BCUT2D eigenvalue weighted by atomic mass is 9.91. The highest BCUT2D eigenvalue weighted by Crippen LogP contribution is 2.31. The predicted octanol–water partition coefficient (Wildman–Crippen LogP) is 4.43. The first-order chi connectivity index (χ1) is 19.1. The molecule has 1 aliphatic carbocycles. The zero-order chi connectivity index (χ0) is 29.1. The van der Waals surface area contributed by atoms with E-state index in [0.717, 1.165) is 17.1 Å². The molecule has 0 aromatic heterocycles. The fourth-order valence-corrected chi connectivity index (χ4v) is 7.42. The summed E-state index contributed by atoms with van der Waals surface area (Å²) in [4.78, 5) is 41.5. The number of amides is 3. The number of nitrogens with zero attached hydrogens (tertiary/aromatic N) is 1. The smallest absolute Gasteiger partial charge is 0.411 e. The number of carbonyl (C=O) groups excluding carboxylic acids is 3. The van der Waals surface area contributed by atoms with Crippen molar-refractivity contribution in [2.24, 2.45) is 5.92 Å².